The molecule has 0 aromatic heterocycles. The molecule has 19 heavy (non-hydrogen) atoms. The fourth-order valence-electron chi connectivity index (χ4n) is 1.29. The lowest BCUT2D eigenvalue weighted by Crippen LogP contribution is -2.35. The summed E-state index contributed by atoms with van der Waals surface area (Å²) >= 11 is 0. The van der Waals surface area contributed by atoms with Crippen molar-refractivity contribution >= 4 is 17.5 Å². The van der Waals surface area contributed by atoms with E-state index in [1.165, 1.54) is 20.3 Å². The highest BCUT2D eigenvalue weighted by atomic mass is 16.5. The number of anilines is 1. The van der Waals surface area contributed by atoms with Crippen molar-refractivity contribution in [3.63, 3.8) is 0 Å². The molecular weight excluding hydrogens is 250 g/mol. The van der Waals surface area contributed by atoms with Crippen LogP contribution in [0.25, 0.3) is 0 Å². The van der Waals surface area contributed by atoms with Crippen LogP contribution >= 0.6 is 0 Å². The van der Waals surface area contributed by atoms with Gasteiger partial charge in [0.1, 0.15) is 18.0 Å². The molecule has 100 valence electrons. The number of methoxy groups -OCH3 is 2. The van der Waals surface area contributed by atoms with Gasteiger partial charge in [-0.15, -0.1) is 0 Å². The van der Waals surface area contributed by atoms with Crippen LogP contribution in [0.15, 0.2) is 18.2 Å². The Morgan fingerprint density at radius 1 is 1.26 bits per heavy atom. The minimum Gasteiger partial charge on any atom is -0.497 e. The number of nitrogens with zero attached hydrogens (tertiary/aromatic N) is 1. The zero-order valence-electron chi connectivity index (χ0n) is 10.5. The molecule has 1 aromatic rings. The lowest BCUT2D eigenvalue weighted by atomic mass is 10.2. The largest absolute Gasteiger partial charge is 0.497 e. The van der Waals surface area contributed by atoms with E-state index in [2.05, 4.69) is 10.6 Å². The van der Waals surface area contributed by atoms with Crippen molar-refractivity contribution in [2.24, 2.45) is 0 Å². The van der Waals surface area contributed by atoms with Gasteiger partial charge >= 0.3 is 11.8 Å². The first kappa shape index (κ1) is 14.3. The topological polar surface area (TPSA) is 100 Å². The van der Waals surface area contributed by atoms with Gasteiger partial charge in [-0.05, 0) is 12.1 Å². The van der Waals surface area contributed by atoms with Crippen LogP contribution in [0.4, 0.5) is 5.69 Å². The number of carbonyl (C=O) groups is 2. The molecule has 0 heterocycles. The van der Waals surface area contributed by atoms with Crippen molar-refractivity contribution in [3.05, 3.63) is 18.2 Å². The van der Waals surface area contributed by atoms with Gasteiger partial charge in [0.25, 0.3) is 0 Å². The second kappa shape index (κ2) is 6.86. The second-order valence-electron chi connectivity index (χ2n) is 3.36. The number of nitrogens with one attached hydrogen (secondary N) is 2. The van der Waals surface area contributed by atoms with Gasteiger partial charge in [0.15, 0.2) is 0 Å². The molecule has 0 saturated heterocycles. The van der Waals surface area contributed by atoms with E-state index >= 15 is 0 Å². The van der Waals surface area contributed by atoms with Crippen molar-refractivity contribution in [3.8, 4) is 17.6 Å². The SMILES string of the molecule is COc1ccc(OC)c(NC(=O)C(=O)NCC#N)c1. The summed E-state index contributed by atoms with van der Waals surface area (Å²) < 4.78 is 10.1. The molecule has 7 nitrogen and oxygen atoms in total. The fraction of sp³-hybridized carbons (Fsp3) is 0.250. The molecule has 0 bridgehead atoms. The summed E-state index contributed by atoms with van der Waals surface area (Å²) in [7, 11) is 2.92. The highest BCUT2D eigenvalue weighted by Crippen LogP contribution is 2.28. The van der Waals surface area contributed by atoms with Crippen LogP contribution in [0.3, 0.4) is 0 Å². The molecule has 0 radical (unpaired) electrons. The molecule has 0 unspecified atom stereocenters. The van der Waals surface area contributed by atoms with E-state index in [4.69, 9.17) is 14.7 Å². The van der Waals surface area contributed by atoms with Gasteiger partial charge in [0.2, 0.25) is 0 Å². The van der Waals surface area contributed by atoms with Gasteiger partial charge in [-0.3, -0.25) is 9.59 Å². The lowest BCUT2D eigenvalue weighted by Gasteiger charge is -2.11. The van der Waals surface area contributed by atoms with Crippen molar-refractivity contribution in [2.45, 2.75) is 0 Å². The van der Waals surface area contributed by atoms with Gasteiger partial charge in [0, 0.05) is 6.07 Å². The number of amides is 2. The molecule has 7 heteroatoms. The summed E-state index contributed by atoms with van der Waals surface area (Å²) in [4.78, 5) is 22.9. The van der Waals surface area contributed by atoms with E-state index in [-0.39, 0.29) is 6.54 Å². The number of carbonyl (C=O) groups excluding carboxylic acids is 2. The Bertz CT molecular complexity index is 522. The third-order valence-corrected chi connectivity index (χ3v) is 2.19. The molecule has 1 aromatic carbocycles. The summed E-state index contributed by atoms with van der Waals surface area (Å²) in [5, 5.41) is 12.8. The molecule has 0 aliphatic rings. The quantitative estimate of drug-likeness (QED) is 0.600. The van der Waals surface area contributed by atoms with Gasteiger partial charge in [0.05, 0.1) is 26.0 Å². The molecule has 0 aliphatic carbocycles. The minimum atomic E-state index is -0.897. The first-order chi connectivity index (χ1) is 9.12. The average molecular weight is 263 g/mol. The zero-order chi connectivity index (χ0) is 14.3. The lowest BCUT2D eigenvalue weighted by molar-refractivity contribution is -0.136. The van der Waals surface area contributed by atoms with Gasteiger partial charge in [-0.2, -0.15) is 5.26 Å². The van der Waals surface area contributed by atoms with E-state index in [0.717, 1.165) is 0 Å². The number of hydrogen-bond acceptors (Lipinski definition) is 5. The molecule has 0 atom stereocenters. The second-order valence-corrected chi connectivity index (χ2v) is 3.36. The monoisotopic (exact) mass is 263 g/mol. The van der Waals surface area contributed by atoms with Crippen LogP contribution in [-0.2, 0) is 9.59 Å². The summed E-state index contributed by atoms with van der Waals surface area (Å²) in [6.07, 6.45) is 0. The molecule has 0 spiro atoms. The predicted octanol–water partition coefficient (Wildman–Crippen LogP) is 0.282. The summed E-state index contributed by atoms with van der Waals surface area (Å²) in [6.45, 7) is -0.235. The van der Waals surface area contributed by atoms with E-state index in [9.17, 15) is 9.59 Å². The highest BCUT2D eigenvalue weighted by molar-refractivity contribution is 6.39. The van der Waals surface area contributed by atoms with Gasteiger partial charge < -0.3 is 20.1 Å². The van der Waals surface area contributed by atoms with Crippen molar-refractivity contribution < 1.29 is 19.1 Å². The van der Waals surface area contributed by atoms with E-state index in [0.29, 0.717) is 17.2 Å². The van der Waals surface area contributed by atoms with Crippen LogP contribution in [-0.4, -0.2) is 32.6 Å². The Morgan fingerprint density at radius 3 is 2.58 bits per heavy atom. The van der Waals surface area contributed by atoms with Crippen LogP contribution < -0.4 is 20.1 Å². The number of nitriles is 1. The summed E-state index contributed by atoms with van der Waals surface area (Å²) in [6, 6.07) is 6.48. The Kier molecular flexibility index (Phi) is 5.17. The van der Waals surface area contributed by atoms with Crippen LogP contribution in [0.5, 0.6) is 11.5 Å². The normalized spacial score (nSPS) is 9.11. The Labute approximate surface area is 110 Å². The van der Waals surface area contributed by atoms with E-state index in [1.54, 1.807) is 18.2 Å². The molecular formula is C12H13N3O4. The van der Waals surface area contributed by atoms with Gasteiger partial charge in [-0.25, -0.2) is 0 Å². The van der Waals surface area contributed by atoms with Crippen molar-refractivity contribution in [1.29, 1.82) is 5.26 Å². The highest BCUT2D eigenvalue weighted by Gasteiger charge is 2.15. The standard InChI is InChI=1S/C12H13N3O4/c1-18-8-3-4-10(19-2)9(7-8)15-12(17)11(16)14-6-5-13/h3-4,7H,6H2,1-2H3,(H,14,16)(H,15,17). The van der Waals surface area contributed by atoms with Crippen molar-refractivity contribution in [2.75, 3.05) is 26.1 Å². The smallest absolute Gasteiger partial charge is 0.313 e. The predicted molar refractivity (Wildman–Crippen MR) is 66.8 cm³/mol. The summed E-state index contributed by atoms with van der Waals surface area (Å²) in [5.74, 6) is -0.885. The number of hydrogen-bond donors (Lipinski definition) is 2. The van der Waals surface area contributed by atoms with Crippen molar-refractivity contribution in [1.82, 2.24) is 5.32 Å². The third-order valence-electron chi connectivity index (χ3n) is 2.19. The number of rotatable bonds is 4. The fourth-order valence-corrected chi connectivity index (χ4v) is 1.29. The Hall–Kier alpha value is -2.75. The first-order valence-electron chi connectivity index (χ1n) is 5.30. The maximum Gasteiger partial charge on any atom is 0.313 e. The van der Waals surface area contributed by atoms with Crippen LogP contribution in [0, 0.1) is 11.3 Å². The summed E-state index contributed by atoms with van der Waals surface area (Å²) in [5.41, 5.74) is 0.305. The molecule has 2 amide bonds. The maximum atomic E-state index is 11.6. The Balaban J connectivity index is 2.83. The van der Waals surface area contributed by atoms with E-state index in [1.807, 2.05) is 0 Å². The molecule has 0 saturated carbocycles. The van der Waals surface area contributed by atoms with Crippen LogP contribution in [0.1, 0.15) is 0 Å². The minimum absolute atomic E-state index is 0.235. The zero-order valence-corrected chi connectivity index (χ0v) is 10.5. The number of ether oxygens (including phenoxy) is 2. The maximum absolute atomic E-state index is 11.6. The first-order valence-corrected chi connectivity index (χ1v) is 5.30. The molecule has 0 fully saturated rings. The van der Waals surface area contributed by atoms with E-state index < -0.39 is 11.8 Å². The Morgan fingerprint density at radius 2 is 2.00 bits per heavy atom. The molecule has 2 N–H and O–H groups in total. The molecule has 1 rings (SSSR count). The third kappa shape index (κ3) is 3.89. The van der Waals surface area contributed by atoms with Crippen LogP contribution in [0.2, 0.25) is 0 Å². The van der Waals surface area contributed by atoms with Gasteiger partial charge in [-0.1, -0.05) is 0 Å². The number of benzene rings is 1. The average Bonchev–Trinajstić information content (AvgIpc) is 2.44. The molecule has 0 aliphatic heterocycles.